The normalized spacial score (nSPS) is 11.0. The fraction of sp³-hybridized carbons (Fsp3) is 0.273. The topological polar surface area (TPSA) is 110 Å². The zero-order chi connectivity index (χ0) is 16.2. The van der Waals surface area contributed by atoms with E-state index in [1.54, 1.807) is 0 Å². The number of carbonyl (C=O) groups excluding carboxylic acids is 1. The lowest BCUT2D eigenvalue weighted by atomic mass is 10.1. The molecule has 10 heteroatoms. The van der Waals surface area contributed by atoms with Crippen molar-refractivity contribution in [1.82, 2.24) is 0 Å². The Morgan fingerprint density at radius 2 is 1.90 bits per heavy atom. The lowest BCUT2D eigenvalue weighted by Gasteiger charge is -2.10. The largest absolute Gasteiger partial charge is 0.481 e. The number of aliphatic carboxylic acids is 1. The van der Waals surface area contributed by atoms with Crippen molar-refractivity contribution in [2.24, 2.45) is 0 Å². The zero-order valence-electron chi connectivity index (χ0n) is 10.3. The number of anilines is 1. The van der Waals surface area contributed by atoms with Gasteiger partial charge in [0, 0.05) is 18.2 Å². The van der Waals surface area contributed by atoms with Gasteiger partial charge in [0.1, 0.15) is 5.56 Å². The van der Waals surface area contributed by atoms with E-state index >= 15 is 0 Å². The molecule has 0 saturated heterocycles. The minimum Gasteiger partial charge on any atom is -0.481 e. The smallest absolute Gasteiger partial charge is 0.423 e. The van der Waals surface area contributed by atoms with E-state index in [9.17, 15) is 32.9 Å². The molecule has 0 radical (unpaired) electrons. The number of carbonyl (C=O) groups is 2. The number of nitrogens with one attached hydrogen (secondary N) is 1. The second kappa shape index (κ2) is 6.20. The second-order valence-electron chi connectivity index (χ2n) is 3.93. The number of rotatable bonds is 5. The average Bonchev–Trinajstić information content (AvgIpc) is 2.35. The van der Waals surface area contributed by atoms with Crippen molar-refractivity contribution < 1.29 is 32.8 Å². The molecule has 1 amide bonds. The van der Waals surface area contributed by atoms with Gasteiger partial charge in [0.2, 0.25) is 5.91 Å². The van der Waals surface area contributed by atoms with Crippen molar-refractivity contribution in [3.8, 4) is 0 Å². The third-order valence-corrected chi connectivity index (χ3v) is 2.35. The highest BCUT2D eigenvalue weighted by Crippen LogP contribution is 2.37. The summed E-state index contributed by atoms with van der Waals surface area (Å²) in [6.07, 6.45) is -5.86. The van der Waals surface area contributed by atoms with E-state index in [1.165, 1.54) is 0 Å². The van der Waals surface area contributed by atoms with Crippen LogP contribution < -0.4 is 5.32 Å². The van der Waals surface area contributed by atoms with Gasteiger partial charge in [-0.3, -0.25) is 19.7 Å². The van der Waals surface area contributed by atoms with Crippen molar-refractivity contribution >= 4 is 23.3 Å². The monoisotopic (exact) mass is 306 g/mol. The molecule has 1 rings (SSSR count). The number of carboxylic acids is 1. The molecule has 7 nitrogen and oxygen atoms in total. The SMILES string of the molecule is O=C(O)CCC(=O)Nc1ccc([N+](=O)[O-])c(C(F)(F)F)c1. The predicted octanol–water partition coefficient (Wildman–Crippen LogP) is 2.42. The van der Waals surface area contributed by atoms with Gasteiger partial charge >= 0.3 is 12.1 Å². The molecule has 1 aromatic carbocycles. The molecule has 0 unspecified atom stereocenters. The van der Waals surface area contributed by atoms with Crippen molar-refractivity contribution in [3.05, 3.63) is 33.9 Å². The first-order valence-corrected chi connectivity index (χ1v) is 5.48. The van der Waals surface area contributed by atoms with Crippen LogP contribution >= 0.6 is 0 Å². The maximum atomic E-state index is 12.7. The van der Waals surface area contributed by atoms with Crippen LogP contribution in [0.3, 0.4) is 0 Å². The molecule has 21 heavy (non-hydrogen) atoms. The highest BCUT2D eigenvalue weighted by molar-refractivity contribution is 5.92. The Hall–Kier alpha value is -2.65. The van der Waals surface area contributed by atoms with Crippen molar-refractivity contribution in [2.45, 2.75) is 19.0 Å². The maximum absolute atomic E-state index is 12.7. The molecule has 0 fully saturated rings. The van der Waals surface area contributed by atoms with E-state index in [0.29, 0.717) is 12.1 Å². The Morgan fingerprint density at radius 1 is 1.29 bits per heavy atom. The van der Waals surface area contributed by atoms with E-state index < -0.39 is 47.1 Å². The minimum atomic E-state index is -4.95. The van der Waals surface area contributed by atoms with Gasteiger partial charge < -0.3 is 10.4 Å². The van der Waals surface area contributed by atoms with Crippen LogP contribution in [0, 0.1) is 10.1 Å². The fourth-order valence-electron chi connectivity index (χ4n) is 1.44. The second-order valence-corrected chi connectivity index (χ2v) is 3.93. The Balaban J connectivity index is 2.98. The number of amides is 1. The van der Waals surface area contributed by atoms with Gasteiger partial charge in [-0.2, -0.15) is 13.2 Å². The van der Waals surface area contributed by atoms with E-state index in [1.807, 2.05) is 0 Å². The number of hydrogen-bond donors (Lipinski definition) is 2. The van der Waals surface area contributed by atoms with E-state index in [0.717, 1.165) is 6.07 Å². The van der Waals surface area contributed by atoms with Gasteiger partial charge in [0.15, 0.2) is 0 Å². The molecule has 0 bridgehead atoms. The van der Waals surface area contributed by atoms with Gasteiger partial charge in [0.05, 0.1) is 11.3 Å². The fourth-order valence-corrected chi connectivity index (χ4v) is 1.44. The van der Waals surface area contributed by atoms with Gasteiger partial charge in [-0.05, 0) is 12.1 Å². The van der Waals surface area contributed by atoms with Gasteiger partial charge in [-0.25, -0.2) is 0 Å². The van der Waals surface area contributed by atoms with Crippen molar-refractivity contribution in [3.63, 3.8) is 0 Å². The third kappa shape index (κ3) is 4.75. The van der Waals surface area contributed by atoms with Crippen molar-refractivity contribution in [1.29, 1.82) is 0 Å². The summed E-state index contributed by atoms with van der Waals surface area (Å²) in [4.78, 5) is 30.9. The standard InChI is InChI=1S/C11H9F3N2O5/c12-11(13,14)7-5-6(1-2-8(7)16(20)21)15-9(17)3-4-10(18)19/h1-2,5H,3-4H2,(H,15,17)(H,18,19). The van der Waals surface area contributed by atoms with E-state index in [-0.39, 0.29) is 5.69 Å². The summed E-state index contributed by atoms with van der Waals surface area (Å²) in [6.45, 7) is 0. The number of nitrogens with zero attached hydrogens (tertiary/aromatic N) is 1. The quantitative estimate of drug-likeness (QED) is 0.641. The molecule has 0 aliphatic carbocycles. The summed E-state index contributed by atoms with van der Waals surface area (Å²) >= 11 is 0. The Kier molecular flexibility index (Phi) is 4.84. The number of hydrogen-bond acceptors (Lipinski definition) is 4. The Labute approximate surface area is 115 Å². The number of alkyl halides is 3. The maximum Gasteiger partial charge on any atom is 0.423 e. The summed E-state index contributed by atoms with van der Waals surface area (Å²) < 4.78 is 38.1. The van der Waals surface area contributed by atoms with E-state index in [4.69, 9.17) is 5.11 Å². The lowest BCUT2D eigenvalue weighted by molar-refractivity contribution is -0.388. The molecule has 114 valence electrons. The van der Waals surface area contributed by atoms with Crippen LogP contribution in [0.2, 0.25) is 0 Å². The van der Waals surface area contributed by atoms with Gasteiger partial charge in [-0.1, -0.05) is 0 Å². The van der Waals surface area contributed by atoms with Crippen LogP contribution in [0.1, 0.15) is 18.4 Å². The number of carboxylic acid groups (broad SMARTS) is 1. The summed E-state index contributed by atoms with van der Waals surface area (Å²) in [6, 6.07) is 1.98. The van der Waals surface area contributed by atoms with E-state index in [2.05, 4.69) is 5.32 Å². The molecule has 0 heterocycles. The number of nitro groups is 1. The first kappa shape index (κ1) is 16.4. The number of nitro benzene ring substituents is 1. The van der Waals surface area contributed by atoms with Crippen LogP contribution in [-0.4, -0.2) is 21.9 Å². The molecule has 2 N–H and O–H groups in total. The Morgan fingerprint density at radius 3 is 2.38 bits per heavy atom. The zero-order valence-corrected chi connectivity index (χ0v) is 10.3. The molecular formula is C11H9F3N2O5. The molecule has 0 aromatic heterocycles. The summed E-state index contributed by atoms with van der Waals surface area (Å²) in [5.74, 6) is -2.04. The molecular weight excluding hydrogens is 297 g/mol. The summed E-state index contributed by atoms with van der Waals surface area (Å²) in [5.41, 5.74) is -2.93. The highest BCUT2D eigenvalue weighted by atomic mass is 19.4. The molecule has 1 aromatic rings. The van der Waals surface area contributed by atoms with Crippen LogP contribution in [-0.2, 0) is 15.8 Å². The van der Waals surface area contributed by atoms with Gasteiger partial charge in [-0.15, -0.1) is 0 Å². The average molecular weight is 306 g/mol. The molecule has 0 saturated carbocycles. The van der Waals surface area contributed by atoms with Crippen molar-refractivity contribution in [2.75, 3.05) is 5.32 Å². The molecule has 0 aliphatic heterocycles. The molecule has 0 atom stereocenters. The van der Waals surface area contributed by atoms with Crippen LogP contribution in [0.15, 0.2) is 18.2 Å². The highest BCUT2D eigenvalue weighted by Gasteiger charge is 2.38. The third-order valence-electron chi connectivity index (χ3n) is 2.35. The van der Waals surface area contributed by atoms with Crippen LogP contribution in [0.4, 0.5) is 24.5 Å². The molecule has 0 aliphatic rings. The van der Waals surface area contributed by atoms with Crippen LogP contribution in [0.25, 0.3) is 0 Å². The summed E-state index contributed by atoms with van der Waals surface area (Å²) in [7, 11) is 0. The first-order chi connectivity index (χ1) is 9.61. The minimum absolute atomic E-state index is 0.302. The lowest BCUT2D eigenvalue weighted by Crippen LogP contribution is -2.15. The van der Waals surface area contributed by atoms with Gasteiger partial charge in [0.25, 0.3) is 5.69 Å². The molecule has 0 spiro atoms. The summed E-state index contributed by atoms with van der Waals surface area (Å²) in [5, 5.41) is 21.0. The number of halogens is 3. The predicted molar refractivity (Wildman–Crippen MR) is 63.6 cm³/mol. The number of benzene rings is 1. The first-order valence-electron chi connectivity index (χ1n) is 5.48. The Bertz CT molecular complexity index is 586. The van der Waals surface area contributed by atoms with Crippen LogP contribution in [0.5, 0.6) is 0 Å².